The normalized spacial score (nSPS) is 12.8. The molecule has 0 unspecified atom stereocenters. The zero-order valence-corrected chi connectivity index (χ0v) is 29.2. The molecule has 0 heterocycles. The summed E-state index contributed by atoms with van der Waals surface area (Å²) < 4.78 is 0. The SMILES string of the molecule is CCSc1cc2c(cc1SCC)Cc1cc(SCC)c(SCC)cc1Cc1cc(SCC)c(SCC)cc1C2. The van der Waals surface area contributed by atoms with Gasteiger partial charge in [0.15, 0.2) is 0 Å². The molecule has 1 aliphatic carbocycles. The van der Waals surface area contributed by atoms with Gasteiger partial charge in [0.05, 0.1) is 0 Å². The third kappa shape index (κ3) is 7.99. The van der Waals surface area contributed by atoms with E-state index in [1.54, 1.807) is 0 Å². The summed E-state index contributed by atoms with van der Waals surface area (Å²) in [5.74, 6) is 6.67. The third-order valence-corrected chi connectivity index (χ3v) is 12.8. The Morgan fingerprint density at radius 2 is 0.487 bits per heavy atom. The van der Waals surface area contributed by atoms with E-state index < -0.39 is 0 Å². The van der Waals surface area contributed by atoms with Gasteiger partial charge in [0, 0.05) is 29.4 Å². The van der Waals surface area contributed by atoms with Gasteiger partial charge in [0.1, 0.15) is 0 Å². The number of rotatable bonds is 12. The summed E-state index contributed by atoms with van der Waals surface area (Å²) in [5.41, 5.74) is 9.09. The number of hydrogen-bond donors (Lipinski definition) is 0. The van der Waals surface area contributed by atoms with Crippen LogP contribution in [0.1, 0.15) is 74.9 Å². The van der Waals surface area contributed by atoms with Crippen molar-refractivity contribution in [3.05, 3.63) is 69.8 Å². The summed E-state index contributed by atoms with van der Waals surface area (Å²) in [4.78, 5) is 8.76. The molecular weight excluding hydrogens is 589 g/mol. The molecule has 0 N–H and O–H groups in total. The van der Waals surface area contributed by atoms with Crippen LogP contribution in [0.3, 0.4) is 0 Å². The molecule has 39 heavy (non-hydrogen) atoms. The average molecular weight is 631 g/mol. The first-order valence-corrected chi connectivity index (χ1v) is 20.2. The van der Waals surface area contributed by atoms with Crippen molar-refractivity contribution in [1.82, 2.24) is 0 Å². The highest BCUT2D eigenvalue weighted by Crippen LogP contribution is 2.41. The molecule has 0 bridgehead atoms. The molecule has 210 valence electrons. The van der Waals surface area contributed by atoms with E-state index in [-0.39, 0.29) is 0 Å². The zero-order chi connectivity index (χ0) is 27.8. The van der Waals surface area contributed by atoms with Crippen LogP contribution in [0.25, 0.3) is 0 Å². The van der Waals surface area contributed by atoms with E-state index in [1.807, 2.05) is 70.6 Å². The predicted molar refractivity (Wildman–Crippen MR) is 186 cm³/mol. The van der Waals surface area contributed by atoms with Crippen molar-refractivity contribution in [2.45, 2.75) is 90.2 Å². The quantitative estimate of drug-likeness (QED) is 0.142. The minimum atomic E-state index is 1.02. The lowest BCUT2D eigenvalue weighted by Crippen LogP contribution is -2.01. The van der Waals surface area contributed by atoms with Crippen molar-refractivity contribution >= 4 is 70.6 Å². The highest BCUT2D eigenvalue weighted by atomic mass is 32.2. The lowest BCUT2D eigenvalue weighted by atomic mass is 9.95. The molecule has 1 aliphatic rings. The first-order chi connectivity index (χ1) is 19.0. The van der Waals surface area contributed by atoms with Crippen molar-refractivity contribution in [2.75, 3.05) is 34.5 Å². The van der Waals surface area contributed by atoms with Crippen LogP contribution < -0.4 is 0 Å². The van der Waals surface area contributed by atoms with Crippen molar-refractivity contribution in [3.8, 4) is 0 Å². The summed E-state index contributed by atoms with van der Waals surface area (Å²) in [6.45, 7) is 13.7. The Bertz CT molecular complexity index is 1020. The van der Waals surface area contributed by atoms with E-state index in [0.717, 1.165) is 53.8 Å². The Labute approximate surface area is 263 Å². The van der Waals surface area contributed by atoms with Gasteiger partial charge in [-0.3, -0.25) is 0 Å². The molecule has 0 radical (unpaired) electrons. The monoisotopic (exact) mass is 630 g/mol. The second-order valence-electron chi connectivity index (χ2n) is 9.33. The van der Waals surface area contributed by atoms with Gasteiger partial charge in [-0.2, -0.15) is 0 Å². The maximum Gasteiger partial charge on any atom is 0.0211 e. The molecule has 0 aliphatic heterocycles. The van der Waals surface area contributed by atoms with Crippen molar-refractivity contribution in [3.63, 3.8) is 0 Å². The van der Waals surface area contributed by atoms with Gasteiger partial charge in [-0.05, 0) is 124 Å². The second-order valence-corrected chi connectivity index (χ2v) is 17.2. The summed E-state index contributed by atoms with van der Waals surface area (Å²) in [7, 11) is 0. The molecule has 3 aromatic rings. The first kappa shape index (κ1) is 31.7. The number of fused-ring (bicyclic) bond motifs is 3. The molecule has 0 fully saturated rings. The lowest BCUT2D eigenvalue weighted by Gasteiger charge is -2.18. The standard InChI is InChI=1S/C33H42S6/c1-7-34-28-16-22-13-24-18-30(36-9-3)32(38-11-5)20-26(24)15-27-21-33(39-12-6)31(37-10-4)19-25(27)14-23(22)17-29(28)35-8-2/h16-21H,7-15H2,1-6H3. The van der Waals surface area contributed by atoms with Gasteiger partial charge in [-0.1, -0.05) is 41.5 Å². The van der Waals surface area contributed by atoms with E-state index in [2.05, 4.69) is 77.9 Å². The van der Waals surface area contributed by atoms with Gasteiger partial charge in [0.25, 0.3) is 0 Å². The Morgan fingerprint density at radius 1 is 0.333 bits per heavy atom. The van der Waals surface area contributed by atoms with Crippen LogP contribution >= 0.6 is 70.6 Å². The molecule has 0 aromatic heterocycles. The topological polar surface area (TPSA) is 0 Å². The van der Waals surface area contributed by atoms with E-state index in [0.29, 0.717) is 0 Å². The van der Waals surface area contributed by atoms with Gasteiger partial charge < -0.3 is 0 Å². The molecule has 4 rings (SSSR count). The Morgan fingerprint density at radius 3 is 0.615 bits per heavy atom. The van der Waals surface area contributed by atoms with Gasteiger partial charge in [-0.25, -0.2) is 0 Å². The van der Waals surface area contributed by atoms with E-state index >= 15 is 0 Å². The number of hydrogen-bond acceptors (Lipinski definition) is 6. The maximum absolute atomic E-state index is 2.54. The third-order valence-electron chi connectivity index (χ3n) is 6.74. The van der Waals surface area contributed by atoms with Crippen LogP contribution in [-0.4, -0.2) is 34.5 Å². The van der Waals surface area contributed by atoms with Crippen LogP contribution in [0.2, 0.25) is 0 Å². The number of thioether (sulfide) groups is 6. The average Bonchev–Trinajstić information content (AvgIpc) is 2.96. The molecule has 0 amide bonds. The Hall–Kier alpha value is -0.240. The largest absolute Gasteiger partial charge is 0.125 e. The molecule has 0 saturated carbocycles. The smallest absolute Gasteiger partial charge is 0.0211 e. The highest BCUT2D eigenvalue weighted by Gasteiger charge is 2.21. The number of benzene rings is 3. The van der Waals surface area contributed by atoms with Gasteiger partial charge >= 0.3 is 0 Å². The van der Waals surface area contributed by atoms with Crippen LogP contribution in [0, 0.1) is 0 Å². The molecule has 0 nitrogen and oxygen atoms in total. The minimum Gasteiger partial charge on any atom is -0.125 e. The molecule has 0 saturated heterocycles. The van der Waals surface area contributed by atoms with Crippen molar-refractivity contribution in [2.24, 2.45) is 0 Å². The fraction of sp³-hybridized carbons (Fsp3) is 0.455. The molecule has 6 heteroatoms. The maximum atomic E-state index is 2.54. The fourth-order valence-corrected chi connectivity index (χ4v) is 10.6. The second kappa shape index (κ2) is 15.8. The molecular formula is C33H42S6. The van der Waals surface area contributed by atoms with Crippen molar-refractivity contribution < 1.29 is 0 Å². The van der Waals surface area contributed by atoms with Gasteiger partial charge in [-0.15, -0.1) is 70.6 Å². The Balaban J connectivity index is 1.97. The molecule has 3 aromatic carbocycles. The van der Waals surface area contributed by atoms with E-state index in [4.69, 9.17) is 0 Å². The van der Waals surface area contributed by atoms with Crippen LogP contribution in [0.4, 0.5) is 0 Å². The van der Waals surface area contributed by atoms with E-state index in [9.17, 15) is 0 Å². The summed E-state index contributed by atoms with van der Waals surface area (Å²) in [6, 6.07) is 15.3. The lowest BCUT2D eigenvalue weighted by molar-refractivity contribution is 1.03. The first-order valence-electron chi connectivity index (χ1n) is 14.3. The summed E-state index contributed by atoms with van der Waals surface area (Å²) >= 11 is 12.0. The zero-order valence-electron chi connectivity index (χ0n) is 24.3. The highest BCUT2D eigenvalue weighted by molar-refractivity contribution is 8.03. The van der Waals surface area contributed by atoms with Gasteiger partial charge in [0.2, 0.25) is 0 Å². The predicted octanol–water partition coefficient (Wildman–Crippen LogP) is 11.4. The molecule has 0 spiro atoms. The minimum absolute atomic E-state index is 1.02. The Kier molecular flexibility index (Phi) is 12.9. The fourth-order valence-electron chi connectivity index (χ4n) is 5.15. The summed E-state index contributed by atoms with van der Waals surface area (Å²) in [5, 5.41) is 0. The molecule has 0 atom stereocenters. The summed E-state index contributed by atoms with van der Waals surface area (Å²) in [6.07, 6.45) is 3.07. The van der Waals surface area contributed by atoms with Crippen LogP contribution in [0.5, 0.6) is 0 Å². The van der Waals surface area contributed by atoms with Crippen LogP contribution in [-0.2, 0) is 19.3 Å². The van der Waals surface area contributed by atoms with E-state index in [1.165, 1.54) is 62.8 Å². The van der Waals surface area contributed by atoms with Crippen molar-refractivity contribution in [1.29, 1.82) is 0 Å². The van der Waals surface area contributed by atoms with Crippen LogP contribution in [0.15, 0.2) is 65.8 Å².